The smallest absolute Gasteiger partial charge is 0.237 e. The van der Waals surface area contributed by atoms with Gasteiger partial charge in [0.05, 0.1) is 25.3 Å². The van der Waals surface area contributed by atoms with E-state index >= 15 is 0 Å². The first-order valence-electron chi connectivity index (χ1n) is 7.76. The standard InChI is InChI=1S/C17H20FN3O2/c1-20(11-15-8-9-19-23-15)12-17(22)21-10-2-3-16(21)13-4-6-14(18)7-5-13/h4-9,16H,2-3,10-12H2,1H3. The van der Waals surface area contributed by atoms with Gasteiger partial charge < -0.3 is 9.42 Å². The number of likely N-dealkylation sites (tertiary alicyclic amines) is 1. The summed E-state index contributed by atoms with van der Waals surface area (Å²) < 4.78 is 18.1. The average molecular weight is 317 g/mol. The van der Waals surface area contributed by atoms with Gasteiger partial charge in [0.2, 0.25) is 5.91 Å². The molecule has 1 amide bonds. The number of carbonyl (C=O) groups excluding carboxylic acids is 1. The molecular weight excluding hydrogens is 297 g/mol. The number of nitrogens with zero attached hydrogens (tertiary/aromatic N) is 3. The van der Waals surface area contributed by atoms with Crippen LogP contribution in [-0.2, 0) is 11.3 Å². The van der Waals surface area contributed by atoms with E-state index in [1.165, 1.54) is 12.1 Å². The third-order valence-electron chi connectivity index (χ3n) is 4.15. The van der Waals surface area contributed by atoms with Crippen LogP contribution in [0.2, 0.25) is 0 Å². The summed E-state index contributed by atoms with van der Waals surface area (Å²) in [7, 11) is 1.88. The van der Waals surface area contributed by atoms with Crippen LogP contribution in [0.4, 0.5) is 4.39 Å². The van der Waals surface area contributed by atoms with E-state index in [9.17, 15) is 9.18 Å². The number of hydrogen-bond donors (Lipinski definition) is 0. The third kappa shape index (κ3) is 3.76. The van der Waals surface area contributed by atoms with Crippen molar-refractivity contribution in [1.82, 2.24) is 15.0 Å². The molecule has 1 unspecified atom stereocenters. The lowest BCUT2D eigenvalue weighted by atomic mass is 10.0. The van der Waals surface area contributed by atoms with Crippen molar-refractivity contribution in [2.75, 3.05) is 20.1 Å². The minimum absolute atomic E-state index is 0.0433. The van der Waals surface area contributed by atoms with Crippen LogP contribution in [0.15, 0.2) is 41.1 Å². The normalized spacial score (nSPS) is 17.9. The Labute approximate surface area is 134 Å². The molecule has 1 aliphatic rings. The summed E-state index contributed by atoms with van der Waals surface area (Å²) in [4.78, 5) is 16.4. The number of halogens is 1. The van der Waals surface area contributed by atoms with Crippen molar-refractivity contribution in [2.45, 2.75) is 25.4 Å². The quantitative estimate of drug-likeness (QED) is 0.850. The Morgan fingerprint density at radius 2 is 2.17 bits per heavy atom. The molecule has 1 saturated heterocycles. The fourth-order valence-electron chi connectivity index (χ4n) is 3.06. The van der Waals surface area contributed by atoms with Gasteiger partial charge >= 0.3 is 0 Å². The molecule has 1 aromatic carbocycles. The predicted octanol–water partition coefficient (Wildman–Crippen LogP) is 2.61. The SMILES string of the molecule is CN(CC(=O)N1CCCC1c1ccc(F)cc1)Cc1ccno1. The van der Waals surface area contributed by atoms with Crippen LogP contribution in [0.5, 0.6) is 0 Å². The average Bonchev–Trinajstić information content (AvgIpc) is 3.19. The van der Waals surface area contributed by atoms with E-state index in [0.717, 1.165) is 30.7 Å². The van der Waals surface area contributed by atoms with Crippen molar-refractivity contribution in [3.05, 3.63) is 53.7 Å². The highest BCUT2D eigenvalue weighted by molar-refractivity contribution is 5.79. The van der Waals surface area contributed by atoms with Gasteiger partial charge in [-0.2, -0.15) is 0 Å². The number of carbonyl (C=O) groups is 1. The first-order chi connectivity index (χ1) is 11.1. The van der Waals surface area contributed by atoms with Crippen LogP contribution in [0.25, 0.3) is 0 Å². The summed E-state index contributed by atoms with van der Waals surface area (Å²) in [6.45, 7) is 1.61. The molecule has 1 aromatic heterocycles. The number of hydrogen-bond acceptors (Lipinski definition) is 4. The summed E-state index contributed by atoms with van der Waals surface area (Å²) in [5.41, 5.74) is 0.995. The molecule has 1 aliphatic heterocycles. The van der Waals surface area contributed by atoms with Crippen LogP contribution in [0.1, 0.15) is 30.2 Å². The molecule has 6 heteroatoms. The van der Waals surface area contributed by atoms with Gasteiger partial charge in [0.15, 0.2) is 5.76 Å². The lowest BCUT2D eigenvalue weighted by Crippen LogP contribution is -2.38. The fraction of sp³-hybridized carbons (Fsp3) is 0.412. The van der Waals surface area contributed by atoms with Gasteiger partial charge in [-0.1, -0.05) is 17.3 Å². The van der Waals surface area contributed by atoms with Crippen molar-refractivity contribution in [1.29, 1.82) is 0 Å². The van der Waals surface area contributed by atoms with Gasteiger partial charge in [-0.3, -0.25) is 9.69 Å². The summed E-state index contributed by atoms with van der Waals surface area (Å²) in [6, 6.07) is 8.27. The zero-order valence-electron chi connectivity index (χ0n) is 13.1. The van der Waals surface area contributed by atoms with Crippen LogP contribution >= 0.6 is 0 Å². The molecule has 23 heavy (non-hydrogen) atoms. The van der Waals surface area contributed by atoms with Crippen molar-refractivity contribution in [2.24, 2.45) is 0 Å². The maximum atomic E-state index is 13.1. The van der Waals surface area contributed by atoms with E-state index in [2.05, 4.69) is 5.16 Å². The lowest BCUT2D eigenvalue weighted by Gasteiger charge is -2.27. The first kappa shape index (κ1) is 15.7. The maximum Gasteiger partial charge on any atom is 0.237 e. The molecule has 122 valence electrons. The Morgan fingerprint density at radius 1 is 1.39 bits per heavy atom. The van der Waals surface area contributed by atoms with E-state index in [1.54, 1.807) is 24.4 Å². The van der Waals surface area contributed by atoms with Gasteiger partial charge in [0.25, 0.3) is 0 Å². The molecule has 2 aromatic rings. The van der Waals surface area contributed by atoms with Crippen LogP contribution in [0.3, 0.4) is 0 Å². The molecule has 1 atom stereocenters. The maximum absolute atomic E-state index is 13.1. The Hall–Kier alpha value is -2.21. The van der Waals surface area contributed by atoms with Gasteiger partial charge in [-0.15, -0.1) is 0 Å². The molecule has 0 aliphatic carbocycles. The molecule has 3 rings (SSSR count). The van der Waals surface area contributed by atoms with Crippen LogP contribution < -0.4 is 0 Å². The Morgan fingerprint density at radius 3 is 2.87 bits per heavy atom. The van der Waals surface area contributed by atoms with Crippen LogP contribution in [0, 0.1) is 5.82 Å². The molecule has 0 saturated carbocycles. The van der Waals surface area contributed by atoms with Crippen molar-refractivity contribution in [3.8, 4) is 0 Å². The third-order valence-corrected chi connectivity index (χ3v) is 4.15. The monoisotopic (exact) mass is 317 g/mol. The molecular formula is C17H20FN3O2. The predicted molar refractivity (Wildman–Crippen MR) is 82.9 cm³/mol. The minimum atomic E-state index is -0.253. The Balaban J connectivity index is 1.62. The summed E-state index contributed by atoms with van der Waals surface area (Å²) >= 11 is 0. The number of likely N-dealkylation sites (N-methyl/N-ethyl adjacent to an activating group) is 1. The van der Waals surface area contributed by atoms with Gasteiger partial charge in [-0.25, -0.2) is 4.39 Å². The first-order valence-corrected chi connectivity index (χ1v) is 7.76. The Bertz CT molecular complexity index is 642. The summed E-state index contributed by atoms with van der Waals surface area (Å²) in [5.74, 6) is 0.562. The largest absolute Gasteiger partial charge is 0.360 e. The molecule has 2 heterocycles. The van der Waals surface area contributed by atoms with Crippen LogP contribution in [-0.4, -0.2) is 41.0 Å². The Kier molecular flexibility index (Phi) is 4.71. The highest BCUT2D eigenvalue weighted by Crippen LogP contribution is 2.32. The molecule has 1 fully saturated rings. The highest BCUT2D eigenvalue weighted by Gasteiger charge is 2.30. The second kappa shape index (κ2) is 6.91. The lowest BCUT2D eigenvalue weighted by molar-refractivity contribution is -0.133. The van der Waals surface area contributed by atoms with E-state index in [4.69, 9.17) is 4.52 Å². The van der Waals surface area contributed by atoms with E-state index in [0.29, 0.717) is 13.1 Å². The van der Waals surface area contributed by atoms with Crippen molar-refractivity contribution < 1.29 is 13.7 Å². The topological polar surface area (TPSA) is 49.6 Å². The van der Waals surface area contributed by atoms with E-state index in [1.807, 2.05) is 16.8 Å². The number of benzene rings is 1. The zero-order chi connectivity index (χ0) is 16.2. The van der Waals surface area contributed by atoms with Crippen molar-refractivity contribution in [3.63, 3.8) is 0 Å². The molecule has 0 spiro atoms. The second-order valence-electron chi connectivity index (χ2n) is 5.95. The van der Waals surface area contributed by atoms with Gasteiger partial charge in [-0.05, 0) is 37.6 Å². The highest BCUT2D eigenvalue weighted by atomic mass is 19.1. The number of aromatic nitrogens is 1. The van der Waals surface area contributed by atoms with Crippen molar-refractivity contribution >= 4 is 5.91 Å². The molecule has 5 nitrogen and oxygen atoms in total. The minimum Gasteiger partial charge on any atom is -0.360 e. The number of amides is 1. The van der Waals surface area contributed by atoms with E-state index in [-0.39, 0.29) is 17.8 Å². The molecule has 0 bridgehead atoms. The summed E-state index contributed by atoms with van der Waals surface area (Å²) in [6.07, 6.45) is 3.48. The van der Waals surface area contributed by atoms with Gasteiger partial charge in [0, 0.05) is 12.6 Å². The zero-order valence-corrected chi connectivity index (χ0v) is 13.1. The summed E-state index contributed by atoms with van der Waals surface area (Å²) in [5, 5.41) is 3.66. The molecule has 0 radical (unpaired) electrons. The second-order valence-corrected chi connectivity index (χ2v) is 5.95. The number of rotatable bonds is 5. The van der Waals surface area contributed by atoms with Gasteiger partial charge in [0.1, 0.15) is 5.82 Å². The fourth-order valence-corrected chi connectivity index (χ4v) is 3.06. The van der Waals surface area contributed by atoms with E-state index < -0.39 is 0 Å². The molecule has 0 N–H and O–H groups in total.